The van der Waals surface area contributed by atoms with Crippen molar-refractivity contribution < 1.29 is 14.6 Å². The summed E-state index contributed by atoms with van der Waals surface area (Å²) in [6, 6.07) is 16.1. The average Bonchev–Trinajstić information content (AvgIpc) is 3.29. The number of carbonyl (C=O) groups excluding carboxylic acids is 1. The van der Waals surface area contributed by atoms with Gasteiger partial charge >= 0.3 is 5.97 Å². The molecule has 2 heterocycles. The lowest BCUT2D eigenvalue weighted by Gasteiger charge is -2.15. The molecule has 0 atom stereocenters. The van der Waals surface area contributed by atoms with Gasteiger partial charge in [0.1, 0.15) is 17.4 Å². The molecule has 2 N–H and O–H groups in total. The van der Waals surface area contributed by atoms with Gasteiger partial charge in [0.25, 0.3) is 0 Å². The fraction of sp³-hybridized carbons (Fsp3) is 0.0909. The highest BCUT2D eigenvalue weighted by Crippen LogP contribution is 2.38. The van der Waals surface area contributed by atoms with Crippen molar-refractivity contribution in [3.63, 3.8) is 0 Å². The number of esters is 1. The minimum Gasteiger partial charge on any atom is -0.506 e. The largest absolute Gasteiger partial charge is 0.506 e. The Kier molecular flexibility index (Phi) is 5.04. The highest BCUT2D eigenvalue weighted by molar-refractivity contribution is 7.13. The van der Waals surface area contributed by atoms with E-state index in [4.69, 9.17) is 10.1 Å². The van der Waals surface area contributed by atoms with E-state index in [2.05, 4.69) is 5.10 Å². The van der Waals surface area contributed by atoms with Crippen molar-refractivity contribution >= 4 is 28.1 Å². The highest BCUT2D eigenvalue weighted by atomic mass is 32.1. The first kappa shape index (κ1) is 19.4. The highest BCUT2D eigenvalue weighted by Gasteiger charge is 2.24. The van der Waals surface area contributed by atoms with Crippen LogP contribution in [0.2, 0.25) is 0 Å². The van der Waals surface area contributed by atoms with Crippen molar-refractivity contribution in [2.24, 2.45) is 0 Å². The molecule has 0 bridgehead atoms. The molecule has 2 aromatic heterocycles. The summed E-state index contributed by atoms with van der Waals surface area (Å²) in [5.74, 6) is -1.03. The first-order valence-electron chi connectivity index (χ1n) is 9.11. The van der Waals surface area contributed by atoms with Crippen molar-refractivity contribution in [2.75, 3.05) is 6.61 Å². The number of nitrogens with one attached hydrogen (secondary N) is 1. The van der Waals surface area contributed by atoms with Crippen LogP contribution in [0.5, 0.6) is 5.75 Å². The number of hydrogen-bond acceptors (Lipinski definition) is 7. The number of thiophene rings is 1. The van der Waals surface area contributed by atoms with E-state index in [1.165, 1.54) is 16.0 Å². The number of ether oxygens (including phenoxy) is 1. The SMILES string of the molecule is CCOC(=O)c1nn(-c2ccccc2)c(=N)c2c(O)c(C#N)c(-c3cccs3)cc12. The molecule has 0 amide bonds. The topological polar surface area (TPSA) is 112 Å². The maximum absolute atomic E-state index is 12.7. The lowest BCUT2D eigenvalue weighted by atomic mass is 9.98. The minimum absolute atomic E-state index is 0.0377. The standard InChI is InChI=1S/C22H16N4O3S/c1-2-29-22(28)19-15-11-14(17-9-6-10-30-17)16(12-23)20(27)18(15)21(24)26(25-19)13-7-4-3-5-8-13/h3-11,24,27H,2H2,1H3. The quantitative estimate of drug-likeness (QED) is 0.489. The Morgan fingerprint density at radius 2 is 2.07 bits per heavy atom. The molecular formula is C22H16N4O3S. The van der Waals surface area contributed by atoms with Crippen molar-refractivity contribution in [2.45, 2.75) is 6.92 Å². The molecule has 4 rings (SSSR count). The van der Waals surface area contributed by atoms with Gasteiger partial charge in [0.05, 0.1) is 17.7 Å². The molecule has 30 heavy (non-hydrogen) atoms. The fourth-order valence-electron chi connectivity index (χ4n) is 3.25. The van der Waals surface area contributed by atoms with Gasteiger partial charge in [0.15, 0.2) is 11.2 Å². The number of hydrogen-bond donors (Lipinski definition) is 2. The second-order valence-electron chi connectivity index (χ2n) is 6.32. The normalized spacial score (nSPS) is 10.7. The van der Waals surface area contributed by atoms with E-state index in [1.54, 1.807) is 37.3 Å². The zero-order valence-corrected chi connectivity index (χ0v) is 16.7. The van der Waals surface area contributed by atoms with Crippen LogP contribution in [0.1, 0.15) is 23.0 Å². The summed E-state index contributed by atoms with van der Waals surface area (Å²) in [4.78, 5) is 13.5. The summed E-state index contributed by atoms with van der Waals surface area (Å²) in [5.41, 5.74) is 0.872. The third kappa shape index (κ3) is 3.11. The van der Waals surface area contributed by atoms with Gasteiger partial charge in [-0.3, -0.25) is 5.41 Å². The van der Waals surface area contributed by atoms with Gasteiger partial charge in [0, 0.05) is 15.8 Å². The van der Waals surface area contributed by atoms with Gasteiger partial charge < -0.3 is 9.84 Å². The fourth-order valence-corrected chi connectivity index (χ4v) is 4.00. The van der Waals surface area contributed by atoms with Crippen LogP contribution in [-0.2, 0) is 4.74 Å². The van der Waals surface area contributed by atoms with Crippen LogP contribution in [0.3, 0.4) is 0 Å². The second kappa shape index (κ2) is 7.81. The number of para-hydroxylation sites is 1. The van der Waals surface area contributed by atoms with E-state index in [0.717, 1.165) is 4.88 Å². The summed E-state index contributed by atoms with van der Waals surface area (Å²) in [6.07, 6.45) is 0. The molecule has 0 fully saturated rings. The molecule has 0 aliphatic heterocycles. The Morgan fingerprint density at radius 3 is 2.70 bits per heavy atom. The molecule has 0 unspecified atom stereocenters. The zero-order chi connectivity index (χ0) is 21.3. The van der Waals surface area contributed by atoms with Crippen LogP contribution in [0.25, 0.3) is 26.9 Å². The number of aromatic nitrogens is 2. The number of phenols is 1. The molecule has 0 aliphatic rings. The molecule has 8 heteroatoms. The molecule has 7 nitrogen and oxygen atoms in total. The minimum atomic E-state index is -0.673. The van der Waals surface area contributed by atoms with Gasteiger partial charge in [-0.05, 0) is 36.6 Å². The Morgan fingerprint density at radius 1 is 1.30 bits per heavy atom. The smallest absolute Gasteiger partial charge is 0.359 e. The maximum atomic E-state index is 12.7. The van der Waals surface area contributed by atoms with E-state index < -0.39 is 5.97 Å². The second-order valence-corrected chi connectivity index (χ2v) is 7.27. The Bertz CT molecular complexity index is 1350. The summed E-state index contributed by atoms with van der Waals surface area (Å²) in [5, 5.41) is 35.9. The number of nitrogens with zero attached hydrogens (tertiary/aromatic N) is 3. The van der Waals surface area contributed by atoms with E-state index in [0.29, 0.717) is 11.3 Å². The van der Waals surface area contributed by atoms with E-state index >= 15 is 0 Å². The molecule has 0 saturated carbocycles. The third-order valence-corrected chi connectivity index (χ3v) is 5.48. The number of aromatic hydroxyl groups is 1. The Labute approximate surface area is 175 Å². The van der Waals surface area contributed by atoms with E-state index in [-0.39, 0.29) is 39.9 Å². The van der Waals surface area contributed by atoms with E-state index in [1.807, 2.05) is 29.6 Å². The number of phenolic OH excluding ortho intramolecular Hbond substituents is 1. The van der Waals surface area contributed by atoms with Crippen LogP contribution < -0.4 is 5.49 Å². The summed E-state index contributed by atoms with van der Waals surface area (Å²) in [7, 11) is 0. The number of nitriles is 1. The Balaban J connectivity index is 2.16. The van der Waals surface area contributed by atoms with Crippen LogP contribution in [-0.4, -0.2) is 27.5 Å². The number of fused-ring (bicyclic) bond motifs is 1. The molecule has 0 spiro atoms. The van der Waals surface area contributed by atoms with E-state index in [9.17, 15) is 15.2 Å². The van der Waals surface area contributed by atoms with Gasteiger partial charge in [-0.25, -0.2) is 9.48 Å². The zero-order valence-electron chi connectivity index (χ0n) is 15.9. The summed E-state index contributed by atoms with van der Waals surface area (Å²) < 4.78 is 6.42. The van der Waals surface area contributed by atoms with Gasteiger partial charge in [0.2, 0.25) is 0 Å². The number of carbonyl (C=O) groups is 1. The van der Waals surface area contributed by atoms with Crippen molar-refractivity contribution in [3.05, 3.63) is 70.7 Å². The van der Waals surface area contributed by atoms with Crippen LogP contribution in [0.15, 0.2) is 53.9 Å². The van der Waals surface area contributed by atoms with Gasteiger partial charge in [-0.1, -0.05) is 24.3 Å². The van der Waals surface area contributed by atoms with Crippen LogP contribution >= 0.6 is 11.3 Å². The lowest BCUT2D eigenvalue weighted by Crippen LogP contribution is -2.25. The first-order chi connectivity index (χ1) is 14.6. The molecular weight excluding hydrogens is 400 g/mol. The summed E-state index contributed by atoms with van der Waals surface area (Å²) in [6.45, 7) is 1.84. The van der Waals surface area contributed by atoms with Gasteiger partial charge in [-0.15, -0.1) is 11.3 Å². The third-order valence-electron chi connectivity index (χ3n) is 4.57. The van der Waals surface area contributed by atoms with Crippen molar-refractivity contribution in [1.82, 2.24) is 9.78 Å². The molecule has 2 aromatic carbocycles. The Hall–Kier alpha value is -3.96. The molecule has 0 aliphatic carbocycles. The average molecular weight is 416 g/mol. The predicted octanol–water partition coefficient (Wildman–Crippen LogP) is 3.99. The molecule has 4 aromatic rings. The lowest BCUT2D eigenvalue weighted by molar-refractivity contribution is 0.0520. The monoisotopic (exact) mass is 416 g/mol. The first-order valence-corrected chi connectivity index (χ1v) is 9.98. The number of benzene rings is 2. The van der Waals surface area contributed by atoms with Crippen LogP contribution in [0.4, 0.5) is 0 Å². The number of rotatable bonds is 4. The molecule has 0 saturated heterocycles. The maximum Gasteiger partial charge on any atom is 0.359 e. The van der Waals surface area contributed by atoms with Crippen molar-refractivity contribution in [3.8, 4) is 27.9 Å². The summed E-state index contributed by atoms with van der Waals surface area (Å²) >= 11 is 1.40. The molecule has 148 valence electrons. The molecule has 0 radical (unpaired) electrons. The van der Waals surface area contributed by atoms with Crippen molar-refractivity contribution in [1.29, 1.82) is 10.7 Å². The predicted molar refractivity (Wildman–Crippen MR) is 113 cm³/mol. The van der Waals surface area contributed by atoms with Gasteiger partial charge in [-0.2, -0.15) is 10.4 Å². The van der Waals surface area contributed by atoms with Crippen LogP contribution in [0, 0.1) is 16.7 Å².